The number of allylic oxidation sites excluding steroid dienone is 1. The molecule has 0 spiro atoms. The Hall–Kier alpha value is -0.410. The van der Waals surface area contributed by atoms with Crippen LogP contribution in [0.15, 0.2) is 40.4 Å². The highest BCUT2D eigenvalue weighted by Gasteiger charge is 2.49. The van der Waals surface area contributed by atoms with Crippen molar-refractivity contribution in [2.75, 3.05) is 10.5 Å². The Morgan fingerprint density at radius 3 is 2.63 bits per heavy atom. The van der Waals surface area contributed by atoms with Gasteiger partial charge in [-0.05, 0) is 66.3 Å². The number of hydrogen-bond acceptors (Lipinski definition) is 2. The molecule has 102 valence electrons. The van der Waals surface area contributed by atoms with Gasteiger partial charge in [-0.2, -0.15) is 0 Å². The number of fused-ring (bicyclic) bond motifs is 1. The maximum atomic E-state index is 3.45. The Morgan fingerprint density at radius 2 is 2.05 bits per heavy atom. The van der Waals surface area contributed by atoms with Crippen LogP contribution in [0.2, 0.25) is 0 Å². The zero-order chi connectivity index (χ0) is 13.5. The van der Waals surface area contributed by atoms with Crippen molar-refractivity contribution in [1.82, 2.24) is 0 Å². The Morgan fingerprint density at radius 1 is 1.32 bits per heavy atom. The maximum Gasteiger partial charge on any atom is 0.0440 e. The van der Waals surface area contributed by atoms with Crippen molar-refractivity contribution in [2.45, 2.75) is 26.7 Å². The summed E-state index contributed by atoms with van der Waals surface area (Å²) in [5.74, 6) is 2.86. The van der Waals surface area contributed by atoms with E-state index in [1.165, 1.54) is 18.5 Å². The van der Waals surface area contributed by atoms with Gasteiger partial charge in [0.2, 0.25) is 0 Å². The SMILES string of the molecule is CC1(C)[C@@H]2CC(CSNc3ccc(Br)cc3)=C[C@H]1C2. The minimum Gasteiger partial charge on any atom is -0.329 e. The van der Waals surface area contributed by atoms with Crippen LogP contribution in [0.5, 0.6) is 0 Å². The summed E-state index contributed by atoms with van der Waals surface area (Å²) in [5.41, 5.74) is 3.37. The van der Waals surface area contributed by atoms with Gasteiger partial charge in [0.05, 0.1) is 0 Å². The predicted octanol–water partition coefficient (Wildman–Crippen LogP) is 5.50. The highest BCUT2D eigenvalue weighted by Crippen LogP contribution is 2.58. The summed E-state index contributed by atoms with van der Waals surface area (Å²) in [7, 11) is 0. The van der Waals surface area contributed by atoms with Crippen molar-refractivity contribution in [1.29, 1.82) is 0 Å². The second kappa shape index (κ2) is 5.17. The normalized spacial score (nSPS) is 27.4. The molecule has 4 rings (SSSR count). The summed E-state index contributed by atoms with van der Waals surface area (Å²) >= 11 is 5.26. The third-order valence-corrected chi connectivity index (χ3v) is 6.21. The fourth-order valence-corrected chi connectivity index (χ4v) is 4.23. The van der Waals surface area contributed by atoms with Gasteiger partial charge in [-0.1, -0.05) is 41.4 Å². The molecule has 0 heterocycles. The van der Waals surface area contributed by atoms with Crippen LogP contribution in [0.1, 0.15) is 26.7 Å². The molecule has 2 atom stereocenters. The molecule has 2 bridgehead atoms. The van der Waals surface area contributed by atoms with Crippen LogP contribution in [-0.4, -0.2) is 5.75 Å². The second-order valence-corrected chi connectivity index (χ2v) is 7.98. The number of nitrogens with one attached hydrogen (secondary N) is 1. The molecule has 1 aromatic rings. The fourth-order valence-electron chi connectivity index (χ4n) is 3.19. The van der Waals surface area contributed by atoms with E-state index in [0.29, 0.717) is 5.41 Å². The number of anilines is 1. The van der Waals surface area contributed by atoms with Gasteiger partial charge in [0, 0.05) is 15.9 Å². The minimum atomic E-state index is 0.563. The molecule has 19 heavy (non-hydrogen) atoms. The molecule has 3 heteroatoms. The van der Waals surface area contributed by atoms with Gasteiger partial charge in [-0.3, -0.25) is 0 Å². The van der Waals surface area contributed by atoms with Crippen LogP contribution in [0.25, 0.3) is 0 Å². The largest absolute Gasteiger partial charge is 0.329 e. The monoisotopic (exact) mass is 337 g/mol. The van der Waals surface area contributed by atoms with Crippen molar-refractivity contribution in [2.24, 2.45) is 17.3 Å². The van der Waals surface area contributed by atoms with Crippen molar-refractivity contribution in [3.8, 4) is 0 Å². The highest BCUT2D eigenvalue weighted by molar-refractivity contribution is 9.10. The standard InChI is InChI=1S/C16H20BrNS/c1-16(2)12-7-11(8-13(16)9-12)10-19-18-15-5-3-14(17)4-6-15/h3-7,12-13,18H,8-10H2,1-2H3/t12-,13+/m0/s1. The van der Waals surface area contributed by atoms with Crippen LogP contribution in [-0.2, 0) is 0 Å². The molecule has 1 nitrogen and oxygen atoms in total. The average Bonchev–Trinajstić information content (AvgIpc) is 2.41. The summed E-state index contributed by atoms with van der Waals surface area (Å²) in [6.07, 6.45) is 5.26. The molecule has 0 unspecified atom stereocenters. The van der Waals surface area contributed by atoms with Gasteiger partial charge >= 0.3 is 0 Å². The molecule has 1 fully saturated rings. The van der Waals surface area contributed by atoms with E-state index in [-0.39, 0.29) is 0 Å². The van der Waals surface area contributed by atoms with Crippen molar-refractivity contribution < 1.29 is 0 Å². The second-order valence-electron chi connectivity index (χ2n) is 6.29. The summed E-state index contributed by atoms with van der Waals surface area (Å²) in [6, 6.07) is 8.35. The molecule has 0 radical (unpaired) electrons. The van der Waals surface area contributed by atoms with Crippen LogP contribution in [0, 0.1) is 17.3 Å². The van der Waals surface area contributed by atoms with E-state index < -0.39 is 0 Å². The van der Waals surface area contributed by atoms with Gasteiger partial charge in [0.1, 0.15) is 0 Å². The summed E-state index contributed by atoms with van der Waals surface area (Å²) < 4.78 is 4.55. The smallest absolute Gasteiger partial charge is 0.0440 e. The van der Waals surface area contributed by atoms with E-state index in [2.05, 4.69) is 64.8 Å². The summed E-state index contributed by atoms with van der Waals surface area (Å²) in [6.45, 7) is 4.85. The minimum absolute atomic E-state index is 0.563. The summed E-state index contributed by atoms with van der Waals surface area (Å²) in [4.78, 5) is 0. The quantitative estimate of drug-likeness (QED) is 0.574. The van der Waals surface area contributed by atoms with Crippen molar-refractivity contribution in [3.63, 3.8) is 0 Å². The molecular formula is C16H20BrNS. The first-order chi connectivity index (χ1) is 9.05. The first-order valence-electron chi connectivity index (χ1n) is 6.88. The molecule has 3 aliphatic rings. The Kier molecular flexibility index (Phi) is 3.69. The first kappa shape index (κ1) is 13.6. The van der Waals surface area contributed by atoms with Gasteiger partial charge in [0.15, 0.2) is 0 Å². The van der Waals surface area contributed by atoms with Gasteiger partial charge < -0.3 is 4.72 Å². The van der Waals surface area contributed by atoms with E-state index in [9.17, 15) is 0 Å². The first-order valence-corrected chi connectivity index (χ1v) is 8.66. The average molecular weight is 338 g/mol. The molecule has 1 N–H and O–H groups in total. The lowest BCUT2D eigenvalue weighted by molar-refractivity contribution is -0.000462. The van der Waals surface area contributed by atoms with E-state index >= 15 is 0 Å². The third-order valence-electron chi connectivity index (χ3n) is 4.78. The van der Waals surface area contributed by atoms with E-state index in [1.54, 1.807) is 5.57 Å². The molecule has 0 aromatic heterocycles. The molecule has 0 aliphatic heterocycles. The number of hydrogen-bond donors (Lipinski definition) is 1. The lowest BCUT2D eigenvalue weighted by atomic mass is 9.50. The molecule has 1 aromatic carbocycles. The third kappa shape index (κ3) is 2.73. The Labute approximate surface area is 128 Å². The number of rotatable bonds is 4. The van der Waals surface area contributed by atoms with Gasteiger partial charge in [0.25, 0.3) is 0 Å². The maximum absolute atomic E-state index is 3.45. The molecule has 0 saturated heterocycles. The number of halogens is 1. The van der Waals surface area contributed by atoms with E-state index in [0.717, 1.165) is 22.1 Å². The van der Waals surface area contributed by atoms with Crippen LogP contribution in [0.3, 0.4) is 0 Å². The van der Waals surface area contributed by atoms with Gasteiger partial charge in [-0.25, -0.2) is 0 Å². The molecule has 3 aliphatic carbocycles. The zero-order valence-corrected chi connectivity index (χ0v) is 13.9. The molecule has 0 amide bonds. The molecule has 1 saturated carbocycles. The lowest BCUT2D eigenvalue weighted by Gasteiger charge is -2.55. The van der Waals surface area contributed by atoms with Crippen LogP contribution in [0.4, 0.5) is 5.69 Å². The van der Waals surface area contributed by atoms with Gasteiger partial charge in [-0.15, -0.1) is 0 Å². The van der Waals surface area contributed by atoms with Crippen molar-refractivity contribution >= 4 is 33.6 Å². The molecular weight excluding hydrogens is 318 g/mol. The lowest BCUT2D eigenvalue weighted by Crippen LogP contribution is -2.46. The van der Waals surface area contributed by atoms with Crippen LogP contribution >= 0.6 is 27.9 Å². The fraction of sp³-hybridized carbons (Fsp3) is 0.500. The Bertz CT molecular complexity index is 492. The Balaban J connectivity index is 1.50. The predicted molar refractivity (Wildman–Crippen MR) is 88.3 cm³/mol. The highest BCUT2D eigenvalue weighted by atomic mass is 79.9. The topological polar surface area (TPSA) is 12.0 Å². The van der Waals surface area contributed by atoms with Crippen LogP contribution < -0.4 is 4.72 Å². The zero-order valence-electron chi connectivity index (χ0n) is 11.4. The summed E-state index contributed by atoms with van der Waals surface area (Å²) in [5, 5.41) is 0. The van der Waals surface area contributed by atoms with Crippen molar-refractivity contribution in [3.05, 3.63) is 40.4 Å². The number of benzene rings is 1. The van der Waals surface area contributed by atoms with E-state index in [4.69, 9.17) is 0 Å². The van der Waals surface area contributed by atoms with E-state index in [1.807, 2.05) is 11.9 Å².